The van der Waals surface area contributed by atoms with Crippen LogP contribution in [0.2, 0.25) is 0 Å². The Bertz CT molecular complexity index is 343. The summed E-state index contributed by atoms with van der Waals surface area (Å²) in [6.07, 6.45) is 1.49. The van der Waals surface area contributed by atoms with Crippen molar-refractivity contribution in [2.75, 3.05) is 44.6 Å². The molecule has 0 unspecified atom stereocenters. The van der Waals surface area contributed by atoms with E-state index in [1.54, 1.807) is 0 Å². The number of rotatable bonds is 5. The molecule has 1 aromatic heterocycles. The second-order valence-electron chi connectivity index (χ2n) is 3.73. The summed E-state index contributed by atoms with van der Waals surface area (Å²) in [4.78, 5) is 12.4. The lowest BCUT2D eigenvalue weighted by atomic mass is 10.4. The number of nitrogens with two attached hydrogens (primary N) is 1. The number of halogens is 1. The van der Waals surface area contributed by atoms with Crippen molar-refractivity contribution in [2.45, 2.75) is 0 Å². The highest BCUT2D eigenvalue weighted by atomic mass is 79.9. The van der Waals surface area contributed by atoms with Crippen LogP contribution >= 0.6 is 15.9 Å². The zero-order valence-electron chi connectivity index (χ0n) is 9.74. The summed E-state index contributed by atoms with van der Waals surface area (Å²) in [5, 5.41) is 0. The molecule has 0 fully saturated rings. The number of hydrogen-bond acceptors (Lipinski definition) is 6. The Hall–Kier alpha value is -0.920. The van der Waals surface area contributed by atoms with E-state index in [9.17, 15) is 0 Å². The Morgan fingerprint density at radius 3 is 2.56 bits per heavy atom. The average Bonchev–Trinajstić information content (AvgIpc) is 2.26. The van der Waals surface area contributed by atoms with Gasteiger partial charge in [0.15, 0.2) is 5.82 Å². The van der Waals surface area contributed by atoms with Gasteiger partial charge in [0, 0.05) is 20.1 Å². The molecule has 0 spiro atoms. The number of nitrogens with one attached hydrogen (secondary N) is 1. The molecule has 0 amide bonds. The fourth-order valence-electron chi connectivity index (χ4n) is 1.18. The molecule has 3 N–H and O–H groups in total. The Balaban J connectivity index is 2.78. The maximum absolute atomic E-state index is 5.34. The highest BCUT2D eigenvalue weighted by molar-refractivity contribution is 9.10. The van der Waals surface area contributed by atoms with Gasteiger partial charge in [0.1, 0.15) is 16.6 Å². The Morgan fingerprint density at radius 1 is 1.31 bits per heavy atom. The SMILES string of the molecule is CN(C)CCN(C)c1ncnc(NN)c1Br. The van der Waals surface area contributed by atoms with E-state index in [1.165, 1.54) is 6.33 Å². The Labute approximate surface area is 104 Å². The molecule has 0 aliphatic carbocycles. The minimum atomic E-state index is 0.585. The zero-order chi connectivity index (χ0) is 12.1. The van der Waals surface area contributed by atoms with Gasteiger partial charge in [-0.15, -0.1) is 0 Å². The van der Waals surface area contributed by atoms with Crippen molar-refractivity contribution in [2.24, 2.45) is 5.84 Å². The van der Waals surface area contributed by atoms with Gasteiger partial charge in [-0.1, -0.05) is 0 Å². The average molecular weight is 289 g/mol. The number of hydrazine groups is 1. The van der Waals surface area contributed by atoms with E-state index in [-0.39, 0.29) is 0 Å². The number of hydrogen-bond donors (Lipinski definition) is 2. The van der Waals surface area contributed by atoms with E-state index in [1.807, 2.05) is 26.0 Å². The topological polar surface area (TPSA) is 70.3 Å². The molecule has 7 heteroatoms. The lowest BCUT2D eigenvalue weighted by Crippen LogP contribution is -2.29. The fraction of sp³-hybridized carbons (Fsp3) is 0.556. The summed E-state index contributed by atoms with van der Waals surface area (Å²) in [5.74, 6) is 6.75. The molecular formula is C9H17BrN6. The second kappa shape index (κ2) is 5.97. The van der Waals surface area contributed by atoms with Crippen molar-refractivity contribution < 1.29 is 0 Å². The van der Waals surface area contributed by atoms with E-state index in [0.717, 1.165) is 23.4 Å². The summed E-state index contributed by atoms with van der Waals surface area (Å²) in [5.41, 5.74) is 2.52. The van der Waals surface area contributed by atoms with Crippen LogP contribution in [0.25, 0.3) is 0 Å². The summed E-state index contributed by atoms with van der Waals surface area (Å²) in [6.45, 7) is 1.84. The molecule has 1 rings (SSSR count). The highest BCUT2D eigenvalue weighted by Gasteiger charge is 2.11. The van der Waals surface area contributed by atoms with Crippen LogP contribution in [0.4, 0.5) is 11.6 Å². The van der Waals surface area contributed by atoms with Crippen LogP contribution in [0.3, 0.4) is 0 Å². The smallest absolute Gasteiger partial charge is 0.159 e. The summed E-state index contributed by atoms with van der Waals surface area (Å²) in [6, 6.07) is 0. The lowest BCUT2D eigenvalue weighted by molar-refractivity contribution is 0.416. The first-order valence-corrected chi connectivity index (χ1v) is 5.68. The molecular weight excluding hydrogens is 272 g/mol. The number of likely N-dealkylation sites (N-methyl/N-ethyl adjacent to an activating group) is 2. The minimum Gasteiger partial charge on any atom is -0.357 e. The van der Waals surface area contributed by atoms with E-state index in [0.29, 0.717) is 5.82 Å². The largest absolute Gasteiger partial charge is 0.357 e. The summed E-state index contributed by atoms with van der Waals surface area (Å²) in [7, 11) is 6.06. The van der Waals surface area contributed by atoms with Gasteiger partial charge in [-0.25, -0.2) is 15.8 Å². The van der Waals surface area contributed by atoms with Crippen LogP contribution in [0.1, 0.15) is 0 Å². The van der Waals surface area contributed by atoms with Gasteiger partial charge in [0.25, 0.3) is 0 Å². The van der Waals surface area contributed by atoms with Crippen LogP contribution in [0.5, 0.6) is 0 Å². The molecule has 0 atom stereocenters. The second-order valence-corrected chi connectivity index (χ2v) is 4.52. The van der Waals surface area contributed by atoms with Crippen molar-refractivity contribution in [3.8, 4) is 0 Å². The van der Waals surface area contributed by atoms with Crippen LogP contribution in [-0.2, 0) is 0 Å². The number of nitrogens with zero attached hydrogens (tertiary/aromatic N) is 4. The van der Waals surface area contributed by atoms with Crippen molar-refractivity contribution in [3.05, 3.63) is 10.8 Å². The van der Waals surface area contributed by atoms with E-state index in [4.69, 9.17) is 5.84 Å². The molecule has 0 aliphatic heterocycles. The van der Waals surface area contributed by atoms with Gasteiger partial charge in [-0.05, 0) is 30.0 Å². The monoisotopic (exact) mass is 288 g/mol. The molecule has 6 nitrogen and oxygen atoms in total. The normalized spacial score (nSPS) is 10.6. The van der Waals surface area contributed by atoms with Crippen molar-refractivity contribution in [1.29, 1.82) is 0 Å². The first-order valence-electron chi connectivity index (χ1n) is 4.89. The third-order valence-electron chi connectivity index (χ3n) is 2.15. The van der Waals surface area contributed by atoms with E-state index in [2.05, 4.69) is 36.2 Å². The predicted molar refractivity (Wildman–Crippen MR) is 69.4 cm³/mol. The van der Waals surface area contributed by atoms with Gasteiger partial charge in [0.05, 0.1) is 0 Å². The molecule has 0 aromatic carbocycles. The van der Waals surface area contributed by atoms with Gasteiger partial charge >= 0.3 is 0 Å². The van der Waals surface area contributed by atoms with Crippen molar-refractivity contribution in [1.82, 2.24) is 14.9 Å². The molecule has 0 bridgehead atoms. The number of anilines is 2. The molecule has 0 saturated carbocycles. The lowest BCUT2D eigenvalue weighted by Gasteiger charge is -2.21. The van der Waals surface area contributed by atoms with Crippen LogP contribution in [0.15, 0.2) is 10.8 Å². The molecule has 1 heterocycles. The summed E-state index contributed by atoms with van der Waals surface area (Å²) < 4.78 is 0.777. The number of aromatic nitrogens is 2. The molecule has 90 valence electrons. The third kappa shape index (κ3) is 3.29. The summed E-state index contributed by atoms with van der Waals surface area (Å²) >= 11 is 3.43. The number of nitrogen functional groups attached to an aromatic ring is 1. The van der Waals surface area contributed by atoms with Crippen molar-refractivity contribution >= 4 is 27.6 Å². The van der Waals surface area contributed by atoms with Crippen LogP contribution < -0.4 is 16.2 Å². The van der Waals surface area contributed by atoms with Gasteiger partial charge < -0.3 is 15.2 Å². The molecule has 0 radical (unpaired) electrons. The third-order valence-corrected chi connectivity index (χ3v) is 2.88. The Kier molecular flexibility index (Phi) is 4.91. The van der Waals surface area contributed by atoms with Gasteiger partial charge in [-0.2, -0.15) is 0 Å². The minimum absolute atomic E-state index is 0.585. The molecule has 0 saturated heterocycles. The van der Waals surface area contributed by atoms with Crippen LogP contribution in [-0.4, -0.2) is 49.1 Å². The Morgan fingerprint density at radius 2 is 2.00 bits per heavy atom. The molecule has 1 aromatic rings. The van der Waals surface area contributed by atoms with Gasteiger partial charge in [-0.3, -0.25) is 0 Å². The van der Waals surface area contributed by atoms with E-state index < -0.39 is 0 Å². The predicted octanol–water partition coefficient (Wildman–Crippen LogP) is 0.523. The van der Waals surface area contributed by atoms with E-state index >= 15 is 0 Å². The zero-order valence-corrected chi connectivity index (χ0v) is 11.3. The standard InChI is InChI=1S/C9H17BrN6/c1-15(2)4-5-16(3)9-7(10)8(14-11)12-6-13-9/h6H,4-5,11H2,1-3H3,(H,12,13,14). The maximum atomic E-state index is 5.34. The fourth-order valence-corrected chi connectivity index (χ4v) is 1.81. The first kappa shape index (κ1) is 13.1. The quantitative estimate of drug-likeness (QED) is 0.608. The highest BCUT2D eigenvalue weighted by Crippen LogP contribution is 2.27. The van der Waals surface area contributed by atoms with Crippen LogP contribution in [0, 0.1) is 0 Å². The first-order chi connectivity index (χ1) is 7.56. The molecule has 0 aliphatic rings. The van der Waals surface area contributed by atoms with Crippen molar-refractivity contribution in [3.63, 3.8) is 0 Å². The van der Waals surface area contributed by atoms with Gasteiger partial charge in [0.2, 0.25) is 0 Å². The maximum Gasteiger partial charge on any atom is 0.159 e. The molecule has 16 heavy (non-hydrogen) atoms.